The van der Waals surface area contributed by atoms with Gasteiger partial charge >= 0.3 is 0 Å². The lowest BCUT2D eigenvalue weighted by Gasteiger charge is -2.11. The van der Waals surface area contributed by atoms with Crippen LogP contribution in [0.25, 0.3) is 16.7 Å². The Bertz CT molecular complexity index is 991. The highest BCUT2D eigenvalue weighted by molar-refractivity contribution is 7.92. The monoisotopic (exact) mass is 343 g/mol. The third kappa shape index (κ3) is 3.16. The summed E-state index contributed by atoms with van der Waals surface area (Å²) in [5.41, 5.74) is 3.33. The molecule has 0 aliphatic heterocycles. The molecular weight excluding hydrogens is 326 g/mol. The Morgan fingerprint density at radius 1 is 1.12 bits per heavy atom. The Labute approximate surface area is 140 Å². The number of para-hydroxylation sites is 2. The summed E-state index contributed by atoms with van der Waals surface area (Å²) in [6.45, 7) is 1.37. The fourth-order valence-electron chi connectivity index (χ4n) is 2.31. The molecule has 7 heteroatoms. The largest absolute Gasteiger partial charge is 0.325 e. The number of hydrogen-bond donors (Lipinski definition) is 1. The highest BCUT2D eigenvalue weighted by atomic mass is 32.2. The van der Waals surface area contributed by atoms with Crippen LogP contribution in [0.5, 0.6) is 0 Å². The lowest BCUT2D eigenvalue weighted by atomic mass is 10.2. The van der Waals surface area contributed by atoms with Gasteiger partial charge in [-0.15, -0.1) is 0 Å². The number of benzene rings is 2. The van der Waals surface area contributed by atoms with Crippen LogP contribution in [0, 0.1) is 0 Å². The predicted molar refractivity (Wildman–Crippen MR) is 94.0 cm³/mol. The summed E-state index contributed by atoms with van der Waals surface area (Å²) in [7, 11) is -3.41. The Morgan fingerprint density at radius 3 is 2.46 bits per heavy atom. The van der Waals surface area contributed by atoms with Crippen molar-refractivity contribution in [3.8, 4) is 5.69 Å². The average molecular weight is 343 g/mol. The Kier molecular flexibility index (Phi) is 4.11. The third-order valence-corrected chi connectivity index (χ3v) is 5.38. The van der Waals surface area contributed by atoms with Crippen molar-refractivity contribution < 1.29 is 13.2 Å². The van der Waals surface area contributed by atoms with Crippen molar-refractivity contribution in [2.75, 3.05) is 11.6 Å². The molecule has 0 radical (unpaired) electrons. The molecular formula is C17H17N3O3S. The third-order valence-electron chi connectivity index (χ3n) is 3.88. The highest BCUT2D eigenvalue weighted by Gasteiger charge is 2.23. The van der Waals surface area contributed by atoms with Gasteiger partial charge in [-0.3, -0.25) is 9.36 Å². The first-order chi connectivity index (χ1) is 11.4. The van der Waals surface area contributed by atoms with E-state index in [2.05, 4.69) is 10.3 Å². The number of hydrogen-bond acceptors (Lipinski definition) is 4. The summed E-state index contributed by atoms with van der Waals surface area (Å²) < 4.78 is 24.8. The first-order valence-corrected chi connectivity index (χ1v) is 9.34. The Balaban J connectivity index is 1.82. The van der Waals surface area contributed by atoms with Crippen molar-refractivity contribution in [1.82, 2.24) is 9.55 Å². The summed E-state index contributed by atoms with van der Waals surface area (Å²) in [6.07, 6.45) is 2.79. The number of imidazole rings is 1. The van der Waals surface area contributed by atoms with Gasteiger partial charge in [-0.2, -0.15) is 0 Å². The molecule has 1 amide bonds. The van der Waals surface area contributed by atoms with Gasteiger partial charge in [0.05, 0.1) is 11.0 Å². The second-order valence-corrected chi connectivity index (χ2v) is 7.98. The molecule has 1 N–H and O–H groups in total. The van der Waals surface area contributed by atoms with Crippen molar-refractivity contribution in [3.05, 3.63) is 54.9 Å². The van der Waals surface area contributed by atoms with Crippen molar-refractivity contribution in [2.24, 2.45) is 0 Å². The number of anilines is 1. The van der Waals surface area contributed by atoms with E-state index in [4.69, 9.17) is 0 Å². The molecule has 0 aliphatic carbocycles. The number of carbonyl (C=O) groups is 1. The zero-order valence-electron chi connectivity index (χ0n) is 13.3. The smallest absolute Gasteiger partial charge is 0.242 e. The quantitative estimate of drug-likeness (QED) is 0.789. The topological polar surface area (TPSA) is 81.1 Å². The highest BCUT2D eigenvalue weighted by Crippen LogP contribution is 2.19. The summed E-state index contributed by atoms with van der Waals surface area (Å²) in [5, 5.41) is 1.53. The molecule has 24 heavy (non-hydrogen) atoms. The van der Waals surface area contributed by atoms with Crippen LogP contribution in [0.15, 0.2) is 54.9 Å². The molecule has 6 nitrogen and oxygen atoms in total. The number of carbonyl (C=O) groups excluding carboxylic acids is 1. The minimum absolute atomic E-state index is 0.543. The SMILES string of the molecule is C[C@H](C(=O)Nc1ccc(-n2cnc3ccccc32)cc1)S(C)(=O)=O. The zero-order valence-corrected chi connectivity index (χ0v) is 14.1. The lowest BCUT2D eigenvalue weighted by molar-refractivity contribution is -0.115. The van der Waals surface area contributed by atoms with E-state index in [9.17, 15) is 13.2 Å². The maximum absolute atomic E-state index is 11.9. The van der Waals surface area contributed by atoms with E-state index in [1.54, 1.807) is 18.5 Å². The summed E-state index contributed by atoms with van der Waals surface area (Å²) in [6, 6.07) is 14.9. The number of amides is 1. The fraction of sp³-hybridized carbons (Fsp3) is 0.176. The van der Waals surface area contributed by atoms with Crippen LogP contribution in [-0.4, -0.2) is 35.4 Å². The second-order valence-electron chi connectivity index (χ2n) is 5.61. The van der Waals surface area contributed by atoms with Gasteiger partial charge in [-0.1, -0.05) is 12.1 Å². The van der Waals surface area contributed by atoms with Gasteiger partial charge in [0, 0.05) is 17.6 Å². The van der Waals surface area contributed by atoms with Gasteiger partial charge in [0.25, 0.3) is 0 Å². The van der Waals surface area contributed by atoms with E-state index < -0.39 is 21.0 Å². The van der Waals surface area contributed by atoms with Crippen molar-refractivity contribution in [3.63, 3.8) is 0 Å². The van der Waals surface area contributed by atoms with Crippen LogP contribution in [0.3, 0.4) is 0 Å². The number of nitrogens with zero attached hydrogens (tertiary/aromatic N) is 2. The molecule has 124 valence electrons. The van der Waals surface area contributed by atoms with Gasteiger partial charge in [0.2, 0.25) is 5.91 Å². The van der Waals surface area contributed by atoms with Gasteiger partial charge in [0.1, 0.15) is 11.6 Å². The van der Waals surface area contributed by atoms with E-state index in [0.717, 1.165) is 23.0 Å². The lowest BCUT2D eigenvalue weighted by Crippen LogP contribution is -2.31. The molecule has 3 rings (SSSR count). The molecule has 0 bridgehead atoms. The van der Waals surface area contributed by atoms with E-state index in [1.165, 1.54) is 6.92 Å². The van der Waals surface area contributed by atoms with Crippen LogP contribution < -0.4 is 5.32 Å². The minimum atomic E-state index is -3.41. The molecule has 2 aromatic carbocycles. The molecule has 1 atom stereocenters. The molecule has 0 saturated carbocycles. The molecule has 0 saturated heterocycles. The van der Waals surface area contributed by atoms with Crippen LogP contribution in [-0.2, 0) is 14.6 Å². The second kappa shape index (κ2) is 6.09. The Hall–Kier alpha value is -2.67. The van der Waals surface area contributed by atoms with E-state index in [-0.39, 0.29) is 0 Å². The van der Waals surface area contributed by atoms with Crippen LogP contribution in [0.1, 0.15) is 6.92 Å². The van der Waals surface area contributed by atoms with Crippen LogP contribution in [0.4, 0.5) is 5.69 Å². The first-order valence-electron chi connectivity index (χ1n) is 7.38. The average Bonchev–Trinajstić information content (AvgIpc) is 2.98. The summed E-state index contributed by atoms with van der Waals surface area (Å²) >= 11 is 0. The van der Waals surface area contributed by atoms with Crippen molar-refractivity contribution in [2.45, 2.75) is 12.2 Å². The zero-order chi connectivity index (χ0) is 17.3. The number of aromatic nitrogens is 2. The normalized spacial score (nSPS) is 12.9. The molecule has 1 heterocycles. The van der Waals surface area contributed by atoms with Gasteiger partial charge < -0.3 is 5.32 Å². The maximum atomic E-state index is 11.9. The Morgan fingerprint density at radius 2 is 1.79 bits per heavy atom. The number of nitrogens with one attached hydrogen (secondary N) is 1. The number of sulfone groups is 1. The summed E-state index contributed by atoms with van der Waals surface area (Å²) in [4.78, 5) is 16.3. The minimum Gasteiger partial charge on any atom is -0.325 e. The van der Waals surface area contributed by atoms with Gasteiger partial charge in [-0.05, 0) is 43.3 Å². The fourth-order valence-corrected chi connectivity index (χ4v) is 2.76. The summed E-state index contributed by atoms with van der Waals surface area (Å²) in [5.74, 6) is -0.543. The van der Waals surface area contributed by atoms with E-state index in [0.29, 0.717) is 5.69 Å². The van der Waals surface area contributed by atoms with E-state index in [1.807, 2.05) is 41.0 Å². The van der Waals surface area contributed by atoms with Gasteiger partial charge in [-0.25, -0.2) is 13.4 Å². The molecule has 3 aromatic rings. The molecule has 1 aromatic heterocycles. The van der Waals surface area contributed by atoms with Gasteiger partial charge in [0.15, 0.2) is 9.84 Å². The van der Waals surface area contributed by atoms with Crippen LogP contribution in [0.2, 0.25) is 0 Å². The molecule has 0 fully saturated rings. The predicted octanol–water partition coefficient (Wildman–Crippen LogP) is 2.40. The molecule has 0 unspecified atom stereocenters. The first kappa shape index (κ1) is 16.2. The van der Waals surface area contributed by atoms with Crippen molar-refractivity contribution >= 4 is 32.5 Å². The number of rotatable bonds is 4. The van der Waals surface area contributed by atoms with E-state index >= 15 is 0 Å². The molecule has 0 spiro atoms. The number of fused-ring (bicyclic) bond motifs is 1. The maximum Gasteiger partial charge on any atom is 0.242 e. The van der Waals surface area contributed by atoms with Crippen molar-refractivity contribution in [1.29, 1.82) is 0 Å². The molecule has 0 aliphatic rings. The van der Waals surface area contributed by atoms with Crippen LogP contribution >= 0.6 is 0 Å². The standard InChI is InChI=1S/C17H17N3O3S/c1-12(24(2,22)23)17(21)19-13-7-9-14(10-8-13)20-11-18-15-5-3-4-6-16(15)20/h3-12H,1-2H3,(H,19,21)/t12-/m1/s1.